The number of nitriles is 1. The molecule has 1 saturated heterocycles. The van der Waals surface area contributed by atoms with Crippen molar-refractivity contribution in [1.29, 1.82) is 10.7 Å². The number of benzene rings is 1. The molecule has 3 atom stereocenters. The minimum atomic E-state index is -0.673. The van der Waals surface area contributed by atoms with Gasteiger partial charge in [-0.2, -0.15) is 5.26 Å². The Labute approximate surface area is 154 Å². The molecule has 0 aromatic heterocycles. The zero-order valence-electron chi connectivity index (χ0n) is 13.6. The van der Waals surface area contributed by atoms with Crippen LogP contribution in [0.5, 0.6) is 0 Å². The summed E-state index contributed by atoms with van der Waals surface area (Å²) in [5.41, 5.74) is 0.768. The number of halogens is 2. The number of alkyl halides is 1. The first-order valence-corrected chi connectivity index (χ1v) is 8.97. The third-order valence-electron chi connectivity index (χ3n) is 4.58. The summed E-state index contributed by atoms with van der Waals surface area (Å²) in [6.07, 6.45) is 0.223. The number of amides is 1. The fraction of sp³-hybridized carbons (Fsp3) is 0.353. The number of carbonyl (C=O) groups is 1. The predicted octanol–water partition coefficient (Wildman–Crippen LogP) is 2.91. The molecule has 2 aliphatic rings. The molecule has 0 saturated carbocycles. The number of rotatable bonds is 2. The van der Waals surface area contributed by atoms with Crippen LogP contribution in [0, 0.1) is 22.6 Å². The Balaban J connectivity index is 1.86. The quantitative estimate of drug-likeness (QED) is 0.775. The molecule has 0 spiro atoms. The molecular weight excluding hydrogens is 363 g/mol. The van der Waals surface area contributed by atoms with E-state index in [-0.39, 0.29) is 29.1 Å². The highest BCUT2D eigenvalue weighted by Crippen LogP contribution is 2.46. The van der Waals surface area contributed by atoms with Gasteiger partial charge in [0.25, 0.3) is 0 Å². The number of nitrogens with one attached hydrogen (secondary N) is 2. The zero-order valence-corrected chi connectivity index (χ0v) is 15.2. The second kappa shape index (κ2) is 6.36. The fourth-order valence-electron chi connectivity index (χ4n) is 3.06. The highest BCUT2D eigenvalue weighted by molar-refractivity contribution is 8.03. The van der Waals surface area contributed by atoms with Crippen molar-refractivity contribution in [2.75, 3.05) is 7.05 Å². The van der Waals surface area contributed by atoms with Crippen LogP contribution in [0.4, 0.5) is 4.39 Å². The SMILES string of the molecule is CN1C(=N)N[C@](C)(C2SC=C(c3ccc(F)c(C#N)c3)C2Cl)CC1=O. The first-order chi connectivity index (χ1) is 11.8. The molecular formula is C17H16ClFN4OS. The van der Waals surface area contributed by atoms with Crippen LogP contribution >= 0.6 is 23.4 Å². The molecule has 8 heteroatoms. The van der Waals surface area contributed by atoms with E-state index in [9.17, 15) is 9.18 Å². The molecule has 5 nitrogen and oxygen atoms in total. The maximum absolute atomic E-state index is 13.5. The summed E-state index contributed by atoms with van der Waals surface area (Å²) in [6, 6.07) is 6.16. The van der Waals surface area contributed by atoms with Crippen LogP contribution in [0.1, 0.15) is 24.5 Å². The van der Waals surface area contributed by atoms with Crippen molar-refractivity contribution in [3.63, 3.8) is 0 Å². The van der Waals surface area contributed by atoms with Crippen LogP contribution in [0.15, 0.2) is 23.6 Å². The van der Waals surface area contributed by atoms with Gasteiger partial charge in [-0.3, -0.25) is 15.1 Å². The van der Waals surface area contributed by atoms with Gasteiger partial charge < -0.3 is 5.32 Å². The van der Waals surface area contributed by atoms with E-state index < -0.39 is 16.7 Å². The van der Waals surface area contributed by atoms with E-state index in [2.05, 4.69) is 5.32 Å². The number of thioether (sulfide) groups is 1. The average Bonchev–Trinajstić information content (AvgIpc) is 2.95. The largest absolute Gasteiger partial charge is 0.349 e. The molecule has 2 heterocycles. The lowest BCUT2D eigenvalue weighted by molar-refractivity contribution is -0.129. The Morgan fingerprint density at radius 1 is 1.56 bits per heavy atom. The Hall–Kier alpha value is -2.04. The molecule has 0 bridgehead atoms. The second-order valence-electron chi connectivity index (χ2n) is 6.36. The summed E-state index contributed by atoms with van der Waals surface area (Å²) in [7, 11) is 1.56. The van der Waals surface area contributed by atoms with Gasteiger partial charge in [-0.25, -0.2) is 4.39 Å². The summed E-state index contributed by atoms with van der Waals surface area (Å²) >= 11 is 8.15. The van der Waals surface area contributed by atoms with E-state index in [0.29, 0.717) is 5.56 Å². The Morgan fingerprint density at radius 2 is 2.28 bits per heavy atom. The maximum Gasteiger partial charge on any atom is 0.231 e. The Morgan fingerprint density at radius 3 is 2.92 bits per heavy atom. The highest BCUT2D eigenvalue weighted by Gasteiger charge is 2.48. The topological polar surface area (TPSA) is 80.0 Å². The number of carbonyl (C=O) groups excluding carboxylic acids is 1. The van der Waals surface area contributed by atoms with E-state index in [4.69, 9.17) is 22.3 Å². The van der Waals surface area contributed by atoms with Gasteiger partial charge in [0.05, 0.1) is 28.2 Å². The molecule has 2 unspecified atom stereocenters. The van der Waals surface area contributed by atoms with E-state index >= 15 is 0 Å². The average molecular weight is 379 g/mol. The van der Waals surface area contributed by atoms with Gasteiger partial charge in [0.1, 0.15) is 11.9 Å². The lowest BCUT2D eigenvalue weighted by Gasteiger charge is -2.43. The summed E-state index contributed by atoms with van der Waals surface area (Å²) in [6.45, 7) is 1.88. The molecule has 1 aromatic rings. The molecule has 3 rings (SSSR count). The number of guanidine groups is 1. The normalized spacial score (nSPS) is 29.2. The van der Waals surface area contributed by atoms with Crippen molar-refractivity contribution < 1.29 is 9.18 Å². The van der Waals surface area contributed by atoms with Crippen LogP contribution in [-0.2, 0) is 4.79 Å². The summed E-state index contributed by atoms with van der Waals surface area (Å²) in [4.78, 5) is 13.4. The van der Waals surface area contributed by atoms with Crippen LogP contribution in [0.25, 0.3) is 5.57 Å². The van der Waals surface area contributed by atoms with Crippen LogP contribution in [0.3, 0.4) is 0 Å². The number of allylic oxidation sites excluding steroid dienone is 1. The van der Waals surface area contributed by atoms with Gasteiger partial charge >= 0.3 is 0 Å². The molecule has 25 heavy (non-hydrogen) atoms. The van der Waals surface area contributed by atoms with Crippen molar-refractivity contribution in [2.45, 2.75) is 29.5 Å². The lowest BCUT2D eigenvalue weighted by atomic mass is 9.86. The van der Waals surface area contributed by atoms with E-state index in [1.807, 2.05) is 18.4 Å². The van der Waals surface area contributed by atoms with Gasteiger partial charge in [0.2, 0.25) is 5.91 Å². The first-order valence-electron chi connectivity index (χ1n) is 7.60. The van der Waals surface area contributed by atoms with Crippen LogP contribution < -0.4 is 5.32 Å². The van der Waals surface area contributed by atoms with Gasteiger partial charge in [-0.1, -0.05) is 6.07 Å². The minimum Gasteiger partial charge on any atom is -0.349 e. The molecule has 2 N–H and O–H groups in total. The summed E-state index contributed by atoms with van der Waals surface area (Å²) in [5.74, 6) is -0.661. The van der Waals surface area contributed by atoms with Crippen molar-refractivity contribution >= 4 is 40.8 Å². The second-order valence-corrected chi connectivity index (χ2v) is 7.84. The van der Waals surface area contributed by atoms with Gasteiger partial charge in [-0.15, -0.1) is 23.4 Å². The predicted molar refractivity (Wildman–Crippen MR) is 96.8 cm³/mol. The van der Waals surface area contributed by atoms with Crippen LogP contribution in [-0.4, -0.2) is 40.0 Å². The van der Waals surface area contributed by atoms with Gasteiger partial charge in [0, 0.05) is 7.05 Å². The molecule has 0 radical (unpaired) electrons. The molecule has 2 aliphatic heterocycles. The van der Waals surface area contributed by atoms with E-state index in [1.54, 1.807) is 13.1 Å². The van der Waals surface area contributed by atoms with E-state index in [0.717, 1.165) is 5.57 Å². The minimum absolute atomic E-state index is 0.0312. The standard InChI is InChI=1S/C17H16ClFN4OS/c1-17(6-13(24)23(2)16(21)22-17)15-14(18)11(8-25-15)9-3-4-12(19)10(5-9)7-20/h3-5,8,14-15H,6H2,1-2H3,(H2,21,22)/t14?,15?,17-/m0/s1. The van der Waals surface area contributed by atoms with Gasteiger partial charge in [-0.05, 0) is 35.6 Å². The fourth-order valence-corrected chi connectivity index (χ4v) is 5.09. The third-order valence-corrected chi connectivity index (χ3v) is 6.70. The molecule has 1 fully saturated rings. The number of hydrogen-bond donors (Lipinski definition) is 2. The lowest BCUT2D eigenvalue weighted by Crippen LogP contribution is -2.65. The molecule has 1 amide bonds. The summed E-state index contributed by atoms with van der Waals surface area (Å²) < 4.78 is 13.5. The third kappa shape index (κ3) is 3.00. The zero-order chi connectivity index (χ0) is 18.4. The molecule has 0 aliphatic carbocycles. The Bertz CT molecular complexity index is 816. The van der Waals surface area contributed by atoms with Crippen molar-refractivity contribution in [3.05, 3.63) is 40.6 Å². The monoisotopic (exact) mass is 378 g/mol. The molecule has 130 valence electrons. The van der Waals surface area contributed by atoms with Crippen molar-refractivity contribution in [3.8, 4) is 6.07 Å². The van der Waals surface area contributed by atoms with Crippen molar-refractivity contribution in [1.82, 2.24) is 10.2 Å². The van der Waals surface area contributed by atoms with Gasteiger partial charge in [0.15, 0.2) is 5.96 Å². The Kier molecular flexibility index (Phi) is 4.52. The van der Waals surface area contributed by atoms with Crippen LogP contribution in [0.2, 0.25) is 0 Å². The number of hydrogen-bond acceptors (Lipinski definition) is 4. The maximum atomic E-state index is 13.5. The van der Waals surface area contributed by atoms with E-state index in [1.165, 1.54) is 28.8 Å². The highest BCUT2D eigenvalue weighted by atomic mass is 35.5. The first kappa shape index (κ1) is 17.8. The van der Waals surface area contributed by atoms with Crippen molar-refractivity contribution in [2.24, 2.45) is 0 Å². The summed E-state index contributed by atoms with van der Waals surface area (Å²) in [5, 5.41) is 21.3. The molecule has 1 aromatic carbocycles. The number of nitrogens with zero attached hydrogens (tertiary/aromatic N) is 2. The smallest absolute Gasteiger partial charge is 0.231 e.